The van der Waals surface area contributed by atoms with E-state index in [1.807, 2.05) is 19.1 Å². The van der Waals surface area contributed by atoms with Gasteiger partial charge in [-0.1, -0.05) is 53.4 Å². The third-order valence-corrected chi connectivity index (χ3v) is 11.7. The number of hydrogen-bond donors (Lipinski definition) is 1. The summed E-state index contributed by atoms with van der Waals surface area (Å²) in [7, 11) is 0. The number of amides is 4. The maximum atomic E-state index is 13.7. The van der Waals surface area contributed by atoms with Crippen LogP contribution in [0.2, 0.25) is 0 Å². The van der Waals surface area contributed by atoms with E-state index < -0.39 is 17.8 Å². The molecule has 0 spiro atoms. The second-order valence-corrected chi connectivity index (χ2v) is 17.4. The second kappa shape index (κ2) is 30.6. The van der Waals surface area contributed by atoms with Crippen LogP contribution in [-0.2, 0) is 23.9 Å². The van der Waals surface area contributed by atoms with Gasteiger partial charge in [-0.05, 0) is 114 Å². The Morgan fingerprint density at radius 2 is 1.32 bits per heavy atom. The predicted octanol–water partition coefficient (Wildman–Crippen LogP) is 9.43. The number of barbiturate groups is 1. The average Bonchev–Trinajstić information content (AvgIpc) is 3.25. The van der Waals surface area contributed by atoms with Crippen LogP contribution >= 0.6 is 11.6 Å². The van der Waals surface area contributed by atoms with Crippen molar-refractivity contribution in [2.24, 2.45) is 5.41 Å². The number of unbranched alkanes of at least 4 members (excludes halogenated alkanes) is 6. The third kappa shape index (κ3) is 18.7. The molecule has 0 bridgehead atoms. The molecule has 0 atom stereocenters. The first-order valence-electron chi connectivity index (χ1n) is 23.8. The number of carbonyl (C=O) groups is 4. The fourth-order valence-corrected chi connectivity index (χ4v) is 7.58. The van der Waals surface area contributed by atoms with E-state index in [2.05, 4.69) is 72.4 Å². The number of halogens is 1. The molecule has 0 aromatic heterocycles. The highest BCUT2D eigenvalue weighted by Gasteiger charge is 2.41. The lowest BCUT2D eigenvalue weighted by atomic mass is 9.80. The van der Waals surface area contributed by atoms with Gasteiger partial charge in [0.2, 0.25) is 0 Å². The third-order valence-electron chi connectivity index (χ3n) is 11.4. The first-order valence-corrected chi connectivity index (χ1v) is 24.3. The number of quaternary nitrogens is 1. The molecule has 1 aromatic carbocycles. The molecule has 12 heteroatoms. The number of nitrogens with zero attached hydrogens (tertiary/aromatic N) is 3. The number of hydrogen-bond acceptors (Lipinski definition) is 8. The number of alkyl halides is 1. The minimum atomic E-state index is -0.608. The van der Waals surface area contributed by atoms with E-state index in [1.165, 1.54) is 35.5 Å². The molecule has 11 nitrogen and oxygen atoms in total. The zero-order valence-corrected chi connectivity index (χ0v) is 40.8. The fourth-order valence-electron chi connectivity index (χ4n) is 7.39. The monoisotopic (exact) mass is 886 g/mol. The maximum Gasteiger partial charge on any atom is 0.333 e. The van der Waals surface area contributed by atoms with Gasteiger partial charge in [0.15, 0.2) is 0 Å². The topological polar surface area (TPSA) is 110 Å². The number of ketones is 1. The van der Waals surface area contributed by atoms with Crippen LogP contribution < -0.4 is 14.5 Å². The molecular weight excluding hydrogens is 804 g/mol. The van der Waals surface area contributed by atoms with Crippen molar-refractivity contribution >= 4 is 46.5 Å². The Morgan fingerprint density at radius 1 is 0.742 bits per heavy atom. The zero-order valence-electron chi connectivity index (χ0n) is 40.0. The number of rotatable bonds is 29. The molecule has 0 saturated carbocycles. The molecule has 1 aromatic rings. The Morgan fingerprint density at radius 3 is 1.89 bits per heavy atom. The van der Waals surface area contributed by atoms with Crippen molar-refractivity contribution in [2.45, 2.75) is 139 Å². The van der Waals surface area contributed by atoms with Gasteiger partial charge in [-0.15, -0.1) is 11.6 Å². The first-order chi connectivity index (χ1) is 29.8. The number of imide groups is 2. The van der Waals surface area contributed by atoms with Gasteiger partial charge in [0.1, 0.15) is 22.9 Å². The number of ether oxygens (including phenoxy) is 3. The minimum absolute atomic E-state index is 0.0674. The number of benzene rings is 1. The lowest BCUT2D eigenvalue weighted by molar-refractivity contribution is -0.894. The molecule has 0 radical (unpaired) electrons. The van der Waals surface area contributed by atoms with Crippen molar-refractivity contribution in [2.75, 3.05) is 83.0 Å². The van der Waals surface area contributed by atoms with Crippen molar-refractivity contribution in [3.8, 4) is 5.75 Å². The number of fused-ring (bicyclic) bond motifs is 1. The molecule has 1 fully saturated rings. The van der Waals surface area contributed by atoms with Gasteiger partial charge in [-0.2, -0.15) is 0 Å². The van der Waals surface area contributed by atoms with Crippen LogP contribution in [0.15, 0.2) is 47.8 Å². The van der Waals surface area contributed by atoms with E-state index in [1.54, 1.807) is 11.0 Å². The molecule has 4 amide bonds. The van der Waals surface area contributed by atoms with Gasteiger partial charge >= 0.3 is 6.03 Å². The Hall–Kier alpha value is -3.51. The van der Waals surface area contributed by atoms with E-state index >= 15 is 0 Å². The van der Waals surface area contributed by atoms with Gasteiger partial charge < -0.3 is 24.0 Å². The number of Topliss-reactive ketones (excluding diaryl/α,β-unsaturated/α-hetero) is 1. The molecule has 2 aliphatic heterocycles. The normalized spacial score (nSPS) is 15.5. The fraction of sp³-hybridized carbons (Fsp3) is 0.680. The molecule has 1 saturated heterocycles. The van der Waals surface area contributed by atoms with E-state index in [4.69, 9.17) is 25.8 Å². The summed E-state index contributed by atoms with van der Waals surface area (Å²) in [6.07, 6.45) is 14.3. The highest BCUT2D eigenvalue weighted by atomic mass is 35.5. The number of allylic oxidation sites excluding steroid dienone is 4. The standard InChI is InChI=1S/C44H66ClN3O7.C6H15N/c1-7-10-26-47-41(50)38(24-22-36-33-39(44(4,5)6)37-23-21-34(32-40(37)55-36)46(8-2)9-3)42(51)48(43(47)52)27-16-13-14-19-35(49)20-18-29-54-31-30-53-28-17-12-11-15-25-45;1-4-7(5-2)6-3/h21-24,32-33H,7-20,25-31H2,1-6H3;4-6H2,1-3H3/p+1/b36-22-,38-24+;. The summed E-state index contributed by atoms with van der Waals surface area (Å²) >= 11 is 5.69. The van der Waals surface area contributed by atoms with Crippen LogP contribution in [0.3, 0.4) is 0 Å². The summed E-state index contributed by atoms with van der Waals surface area (Å²) < 4.78 is 17.6. The van der Waals surface area contributed by atoms with Crippen molar-refractivity contribution in [1.82, 2.24) is 9.80 Å². The van der Waals surface area contributed by atoms with Crippen molar-refractivity contribution in [3.63, 3.8) is 0 Å². The Balaban J connectivity index is 0.00000173. The molecule has 62 heavy (non-hydrogen) atoms. The van der Waals surface area contributed by atoms with Gasteiger partial charge in [0.05, 0.1) is 32.8 Å². The summed E-state index contributed by atoms with van der Waals surface area (Å²) in [5.74, 6) is 0.923. The van der Waals surface area contributed by atoms with Gasteiger partial charge in [0, 0.05) is 75.4 Å². The van der Waals surface area contributed by atoms with E-state index in [-0.39, 0.29) is 29.9 Å². The highest BCUT2D eigenvalue weighted by Crippen LogP contribution is 2.44. The second-order valence-electron chi connectivity index (χ2n) is 17.1. The van der Waals surface area contributed by atoms with Crippen LogP contribution in [-0.4, -0.2) is 112 Å². The smallest absolute Gasteiger partial charge is 0.333 e. The quantitative estimate of drug-likeness (QED) is 0.0367. The molecule has 350 valence electrons. The zero-order chi connectivity index (χ0) is 45.9. The van der Waals surface area contributed by atoms with E-state index in [9.17, 15) is 19.2 Å². The first kappa shape index (κ1) is 54.6. The lowest BCUT2D eigenvalue weighted by Crippen LogP contribution is -3.11. The maximum absolute atomic E-state index is 13.7. The van der Waals surface area contributed by atoms with E-state index in [0.717, 1.165) is 74.4 Å². The Bertz CT molecular complexity index is 1600. The summed E-state index contributed by atoms with van der Waals surface area (Å²) in [6, 6.07) is 5.67. The summed E-state index contributed by atoms with van der Waals surface area (Å²) in [5, 5.41) is 0. The summed E-state index contributed by atoms with van der Waals surface area (Å²) in [5.41, 5.74) is 2.88. The Labute approximate surface area is 380 Å². The van der Waals surface area contributed by atoms with Crippen molar-refractivity contribution in [3.05, 3.63) is 53.3 Å². The number of nitrogens with one attached hydrogen (secondary N) is 1. The molecule has 2 aliphatic rings. The summed E-state index contributed by atoms with van der Waals surface area (Å²) in [6.45, 7) is 27.6. The number of urea groups is 1. The molecule has 0 aliphatic carbocycles. The Kier molecular flexibility index (Phi) is 26.9. The minimum Gasteiger partial charge on any atom is -0.457 e. The SMILES string of the molecule is CCCCN1C(=O)/C(=C\C=C2\C=C(C(C)(C)C)c3ccc(N(CC)CC)cc3O2)C(=O)N(CCCCCC(=O)CCCOCCOCCCCCCCl)C1=O.CC[NH+](CC)CC. The van der Waals surface area contributed by atoms with Crippen LogP contribution in [0.4, 0.5) is 10.5 Å². The van der Waals surface area contributed by atoms with Gasteiger partial charge in [0.25, 0.3) is 11.8 Å². The van der Waals surface area contributed by atoms with Crippen LogP contribution in [0, 0.1) is 5.41 Å². The highest BCUT2D eigenvalue weighted by molar-refractivity contribution is 6.28. The predicted molar refractivity (Wildman–Crippen MR) is 254 cm³/mol. The molecule has 3 rings (SSSR count). The summed E-state index contributed by atoms with van der Waals surface area (Å²) in [4.78, 5) is 59.5. The largest absolute Gasteiger partial charge is 0.457 e. The van der Waals surface area contributed by atoms with Crippen LogP contribution in [0.1, 0.15) is 145 Å². The van der Waals surface area contributed by atoms with Crippen molar-refractivity contribution in [1.29, 1.82) is 0 Å². The van der Waals surface area contributed by atoms with E-state index in [0.29, 0.717) is 76.4 Å². The van der Waals surface area contributed by atoms with Gasteiger partial charge in [-0.25, -0.2) is 4.79 Å². The average molecular weight is 887 g/mol. The lowest BCUT2D eigenvalue weighted by Gasteiger charge is -2.34. The van der Waals surface area contributed by atoms with Crippen LogP contribution in [0.5, 0.6) is 5.75 Å². The van der Waals surface area contributed by atoms with Crippen molar-refractivity contribution < 1.29 is 38.3 Å². The molecular formula is C50H82ClN4O7+. The van der Waals surface area contributed by atoms with Gasteiger partial charge in [-0.3, -0.25) is 24.2 Å². The number of anilines is 1. The van der Waals surface area contributed by atoms with Crippen LogP contribution in [0.25, 0.3) is 5.57 Å². The molecule has 0 unspecified atom stereocenters. The number of carbonyl (C=O) groups excluding carboxylic acids is 4. The molecule has 2 heterocycles. The molecule has 1 N–H and O–H groups in total.